The Kier molecular flexibility index (Phi) is 5.37. The summed E-state index contributed by atoms with van der Waals surface area (Å²) in [7, 11) is 1.23. The van der Waals surface area contributed by atoms with Crippen LogP contribution in [0.1, 0.15) is 26.3 Å². The molecule has 0 unspecified atom stereocenters. The zero-order valence-electron chi connectivity index (χ0n) is 17.6. The Labute approximate surface area is 184 Å². The third-order valence-electron chi connectivity index (χ3n) is 4.81. The molecule has 0 radical (unpaired) electrons. The van der Waals surface area contributed by atoms with E-state index in [9.17, 15) is 4.79 Å². The smallest absolute Gasteiger partial charge is 0.437 e. The number of pyridine rings is 2. The Balaban J connectivity index is 1.60. The maximum atomic E-state index is 11.2. The molecule has 7 nitrogen and oxygen atoms in total. The number of ether oxygens (including phenoxy) is 2. The predicted octanol–water partition coefficient (Wildman–Crippen LogP) is 5.78. The zero-order valence-corrected chi connectivity index (χ0v) is 18.3. The highest BCUT2D eigenvalue weighted by Gasteiger charge is 2.16. The van der Waals surface area contributed by atoms with Crippen LogP contribution in [-0.2, 0) is 10.2 Å². The largest absolute Gasteiger partial charge is 0.513 e. The highest BCUT2D eigenvalue weighted by Crippen LogP contribution is 2.30. The highest BCUT2D eigenvalue weighted by atomic mass is 35.5. The van der Waals surface area contributed by atoms with Gasteiger partial charge in [-0.1, -0.05) is 38.4 Å². The molecule has 0 bridgehead atoms. The minimum absolute atomic E-state index is 0.0586. The fourth-order valence-corrected chi connectivity index (χ4v) is 3.36. The lowest BCUT2D eigenvalue weighted by Gasteiger charge is -2.18. The lowest BCUT2D eigenvalue weighted by molar-refractivity contribution is 0.121. The average Bonchev–Trinajstić information content (AvgIpc) is 3.17. The van der Waals surface area contributed by atoms with Gasteiger partial charge in [0.05, 0.1) is 35.1 Å². The minimum atomic E-state index is -0.836. The number of hydrogen-bond acceptors (Lipinski definition) is 6. The van der Waals surface area contributed by atoms with Crippen molar-refractivity contribution >= 4 is 28.8 Å². The molecule has 0 spiro atoms. The van der Waals surface area contributed by atoms with Gasteiger partial charge >= 0.3 is 6.16 Å². The molecule has 4 aromatic rings. The molecule has 1 N–H and O–H groups in total. The summed E-state index contributed by atoms with van der Waals surface area (Å²) in [5.41, 5.74) is 5.11. The molecule has 0 aliphatic heterocycles. The maximum absolute atomic E-state index is 11.2. The lowest BCUT2D eigenvalue weighted by Crippen LogP contribution is -2.10. The van der Waals surface area contributed by atoms with Crippen LogP contribution in [0.2, 0.25) is 5.02 Å². The van der Waals surface area contributed by atoms with E-state index in [1.54, 1.807) is 6.20 Å². The number of H-pyrrole nitrogens is 1. The molecule has 31 heavy (non-hydrogen) atoms. The number of carbonyl (C=O) groups is 1. The summed E-state index contributed by atoms with van der Waals surface area (Å²) in [6.07, 6.45) is 2.24. The molecule has 3 aromatic heterocycles. The molecule has 0 fully saturated rings. The van der Waals surface area contributed by atoms with Crippen LogP contribution in [-0.4, -0.2) is 33.2 Å². The van der Waals surface area contributed by atoms with Gasteiger partial charge in [0.25, 0.3) is 0 Å². The van der Waals surface area contributed by atoms with Crippen molar-refractivity contribution in [3.05, 3.63) is 59.4 Å². The van der Waals surface area contributed by atoms with Crippen LogP contribution in [0, 0.1) is 0 Å². The zero-order chi connectivity index (χ0) is 22.2. The van der Waals surface area contributed by atoms with Crippen molar-refractivity contribution in [2.24, 2.45) is 0 Å². The van der Waals surface area contributed by atoms with E-state index >= 15 is 0 Å². The summed E-state index contributed by atoms with van der Waals surface area (Å²) in [6, 6.07) is 11.5. The standard InChI is InChI=1S/C23H21ClN4O3/c1-23(2,3)14-6-8-17-19(9-14)28-21(27-17)18-7-5-13(11-25-18)20-16(24)10-15(12-26-20)31-22(29)30-4/h5-12H,1-4H3,(H,27,28). The van der Waals surface area contributed by atoms with E-state index in [-0.39, 0.29) is 11.2 Å². The second-order valence-corrected chi connectivity index (χ2v) is 8.46. The van der Waals surface area contributed by atoms with Gasteiger partial charge in [0.15, 0.2) is 11.6 Å². The predicted molar refractivity (Wildman–Crippen MR) is 119 cm³/mol. The number of nitrogens with zero attached hydrogens (tertiary/aromatic N) is 3. The van der Waals surface area contributed by atoms with Crippen molar-refractivity contribution in [1.29, 1.82) is 0 Å². The molecule has 0 atom stereocenters. The van der Waals surface area contributed by atoms with Gasteiger partial charge in [-0.15, -0.1) is 0 Å². The fourth-order valence-electron chi connectivity index (χ4n) is 3.10. The van der Waals surface area contributed by atoms with Crippen LogP contribution in [0.4, 0.5) is 4.79 Å². The summed E-state index contributed by atoms with van der Waals surface area (Å²) in [5.74, 6) is 0.885. The number of carbonyl (C=O) groups excluding carboxylic acids is 1. The normalized spacial score (nSPS) is 11.5. The van der Waals surface area contributed by atoms with E-state index in [0.717, 1.165) is 16.6 Å². The Morgan fingerprint density at radius 1 is 1.06 bits per heavy atom. The second-order valence-electron chi connectivity index (χ2n) is 8.06. The van der Waals surface area contributed by atoms with Gasteiger partial charge in [0.1, 0.15) is 5.69 Å². The quantitative estimate of drug-likeness (QED) is 0.409. The molecule has 3 heterocycles. The molecule has 0 amide bonds. The first-order valence-corrected chi connectivity index (χ1v) is 10.0. The SMILES string of the molecule is COC(=O)Oc1cnc(-c2ccc(-c3nc4ccc(C(C)(C)C)cc4[nH]3)nc2)c(Cl)c1. The van der Waals surface area contributed by atoms with Crippen LogP contribution in [0.25, 0.3) is 33.8 Å². The first-order valence-electron chi connectivity index (χ1n) is 9.63. The van der Waals surface area contributed by atoms with E-state index in [0.29, 0.717) is 22.2 Å². The first-order chi connectivity index (χ1) is 14.7. The van der Waals surface area contributed by atoms with Crippen molar-refractivity contribution in [2.75, 3.05) is 7.11 Å². The van der Waals surface area contributed by atoms with Gasteiger partial charge in [-0.2, -0.15) is 0 Å². The number of fused-ring (bicyclic) bond motifs is 1. The molecule has 8 heteroatoms. The third-order valence-corrected chi connectivity index (χ3v) is 5.10. The number of hydrogen-bond donors (Lipinski definition) is 1. The Morgan fingerprint density at radius 3 is 2.52 bits per heavy atom. The van der Waals surface area contributed by atoms with E-state index in [1.165, 1.54) is 24.9 Å². The fraction of sp³-hybridized carbons (Fsp3) is 0.217. The molecule has 4 rings (SSSR count). The summed E-state index contributed by atoms with van der Waals surface area (Å²) >= 11 is 6.31. The minimum Gasteiger partial charge on any atom is -0.437 e. The van der Waals surface area contributed by atoms with E-state index in [1.807, 2.05) is 18.2 Å². The van der Waals surface area contributed by atoms with Crippen LogP contribution in [0.5, 0.6) is 5.75 Å². The van der Waals surface area contributed by atoms with Gasteiger partial charge in [-0.3, -0.25) is 9.97 Å². The molecule has 1 aromatic carbocycles. The first kappa shape index (κ1) is 20.8. The molecule has 0 saturated carbocycles. The van der Waals surface area contributed by atoms with E-state index < -0.39 is 6.16 Å². The van der Waals surface area contributed by atoms with Crippen molar-refractivity contribution in [3.63, 3.8) is 0 Å². The van der Waals surface area contributed by atoms with E-state index in [4.69, 9.17) is 16.3 Å². The number of nitrogens with one attached hydrogen (secondary N) is 1. The summed E-state index contributed by atoms with van der Waals surface area (Å²) in [4.78, 5) is 28.0. The van der Waals surface area contributed by atoms with Gasteiger partial charge in [-0.05, 0) is 35.2 Å². The van der Waals surface area contributed by atoms with Crippen LogP contribution < -0.4 is 4.74 Å². The lowest BCUT2D eigenvalue weighted by atomic mass is 9.87. The average molecular weight is 437 g/mol. The van der Waals surface area contributed by atoms with Crippen molar-refractivity contribution < 1.29 is 14.3 Å². The Bertz CT molecular complexity index is 1260. The second kappa shape index (κ2) is 8.00. The van der Waals surface area contributed by atoms with Crippen LogP contribution in [0.15, 0.2) is 48.8 Å². The number of methoxy groups -OCH3 is 1. The number of aromatic nitrogens is 4. The monoisotopic (exact) mass is 436 g/mol. The Hall–Kier alpha value is -3.45. The molecule has 0 aliphatic rings. The molecule has 0 saturated heterocycles. The van der Waals surface area contributed by atoms with Gasteiger partial charge in [0, 0.05) is 17.8 Å². The number of benzene rings is 1. The van der Waals surface area contributed by atoms with Crippen molar-refractivity contribution in [3.8, 4) is 28.5 Å². The highest BCUT2D eigenvalue weighted by molar-refractivity contribution is 6.33. The summed E-state index contributed by atoms with van der Waals surface area (Å²) in [6.45, 7) is 6.54. The van der Waals surface area contributed by atoms with Gasteiger partial charge in [-0.25, -0.2) is 9.78 Å². The number of rotatable bonds is 3. The molecule has 0 aliphatic carbocycles. The topological polar surface area (TPSA) is 90.0 Å². The van der Waals surface area contributed by atoms with Crippen molar-refractivity contribution in [1.82, 2.24) is 19.9 Å². The number of halogens is 1. The van der Waals surface area contributed by atoms with Crippen LogP contribution in [0.3, 0.4) is 0 Å². The van der Waals surface area contributed by atoms with Gasteiger partial charge in [0.2, 0.25) is 0 Å². The summed E-state index contributed by atoms with van der Waals surface area (Å²) < 4.78 is 9.39. The molecule has 158 valence electrons. The maximum Gasteiger partial charge on any atom is 0.513 e. The summed E-state index contributed by atoms with van der Waals surface area (Å²) in [5, 5.41) is 0.328. The molecular weight excluding hydrogens is 416 g/mol. The number of imidazole rings is 1. The van der Waals surface area contributed by atoms with Gasteiger partial charge < -0.3 is 14.5 Å². The van der Waals surface area contributed by atoms with E-state index in [2.05, 4.69) is 57.6 Å². The number of aromatic amines is 1. The van der Waals surface area contributed by atoms with Crippen molar-refractivity contribution in [2.45, 2.75) is 26.2 Å². The third kappa shape index (κ3) is 4.36. The molecular formula is C23H21ClN4O3. The Morgan fingerprint density at radius 2 is 1.87 bits per heavy atom. The van der Waals surface area contributed by atoms with Crippen LogP contribution >= 0.6 is 11.6 Å².